The number of hydrogen-bond acceptors (Lipinski definition) is 12. The molecule has 0 spiro atoms. The average molecular weight is 900 g/mol. The molecule has 0 saturated carbocycles. The lowest BCUT2D eigenvalue weighted by Gasteiger charge is -2.43. The van der Waals surface area contributed by atoms with Gasteiger partial charge >= 0.3 is 23.9 Å². The number of nitrogens with zero attached hydrogens (tertiary/aromatic N) is 3. The SMILES string of the molecule is C=CCOC(=O)[C@H]1O[C@H](SC[C@H](N=[N+]=[N-])[C@H](O)CCCCCCCCCCCCCCCCC)[C@H](OC(=O)c2ccccc2)[C@@H](OC(=O)c2ccccc2)[C@H]1OC(=O)c1ccccc1. The van der Waals surface area contributed by atoms with Gasteiger partial charge in [0.1, 0.15) is 12.0 Å². The van der Waals surface area contributed by atoms with Crippen LogP contribution in [0.2, 0.25) is 0 Å². The fourth-order valence-corrected chi connectivity index (χ4v) is 8.72. The predicted octanol–water partition coefficient (Wildman–Crippen LogP) is 11.2. The minimum atomic E-state index is -1.70. The molecule has 4 rings (SSSR count). The zero-order valence-electron chi connectivity index (χ0n) is 37.1. The molecular weight excluding hydrogens is 835 g/mol. The standard InChI is InChI=1S/C50H65N3O10S/c1-3-5-6-7-8-9-10-11-12-13-14-15-16-17-27-34-41(54)40(52-53-51)36-64-50-45(62-48(57)39-32-25-20-26-33-39)43(61-47(56)38-30-23-19-24-31-38)42(44(63-50)49(58)59-35-4-2)60-46(55)37-28-21-18-22-29-37/h4,18-26,28-33,40-45,50,54H,2-3,5-17,27,34-36H2,1H3/t40-,41+,42+,43-,44-,45+,50+/m0/s1. The summed E-state index contributed by atoms with van der Waals surface area (Å²) in [5, 5.41) is 15.2. The van der Waals surface area contributed by atoms with E-state index < -0.39 is 65.9 Å². The molecule has 1 aliphatic heterocycles. The lowest BCUT2D eigenvalue weighted by Crippen LogP contribution is -2.63. The number of aliphatic hydroxyl groups excluding tert-OH is 1. The van der Waals surface area contributed by atoms with Gasteiger partial charge in [0.15, 0.2) is 24.4 Å². The van der Waals surface area contributed by atoms with Gasteiger partial charge < -0.3 is 28.8 Å². The molecule has 1 fully saturated rings. The second-order valence-electron chi connectivity index (χ2n) is 16.0. The molecule has 64 heavy (non-hydrogen) atoms. The monoisotopic (exact) mass is 899 g/mol. The maximum atomic E-state index is 13.8. The van der Waals surface area contributed by atoms with Gasteiger partial charge in [0, 0.05) is 10.7 Å². The highest BCUT2D eigenvalue weighted by molar-refractivity contribution is 7.99. The Balaban J connectivity index is 1.50. The van der Waals surface area contributed by atoms with E-state index in [9.17, 15) is 29.8 Å². The largest absolute Gasteiger partial charge is 0.459 e. The molecule has 3 aromatic carbocycles. The van der Waals surface area contributed by atoms with Crippen molar-refractivity contribution in [2.75, 3.05) is 12.4 Å². The van der Waals surface area contributed by atoms with E-state index in [1.807, 2.05) is 0 Å². The fraction of sp³-hybridized carbons (Fsp3) is 0.520. The van der Waals surface area contributed by atoms with E-state index in [1.54, 1.807) is 54.6 Å². The average Bonchev–Trinajstić information content (AvgIpc) is 3.32. The molecule has 3 aromatic rings. The van der Waals surface area contributed by atoms with Crippen molar-refractivity contribution in [1.29, 1.82) is 0 Å². The number of esters is 4. The number of thioether (sulfide) groups is 1. The van der Waals surface area contributed by atoms with Gasteiger partial charge in [0.2, 0.25) is 0 Å². The van der Waals surface area contributed by atoms with Crippen molar-refractivity contribution >= 4 is 35.6 Å². The van der Waals surface area contributed by atoms with Gasteiger partial charge in [-0.3, -0.25) is 0 Å². The van der Waals surface area contributed by atoms with Crippen LogP contribution in [0.4, 0.5) is 0 Å². The Hall–Kier alpha value is -5.14. The number of benzene rings is 3. The summed E-state index contributed by atoms with van der Waals surface area (Å²) >= 11 is 0.988. The summed E-state index contributed by atoms with van der Waals surface area (Å²) in [5.41, 5.74) is 8.67. The van der Waals surface area contributed by atoms with Crippen molar-refractivity contribution in [2.45, 2.75) is 152 Å². The third kappa shape index (κ3) is 17.8. The van der Waals surface area contributed by atoms with Crippen LogP contribution in [-0.4, -0.2) is 83.3 Å². The van der Waals surface area contributed by atoms with Crippen molar-refractivity contribution < 1.29 is 48.0 Å². The molecule has 7 atom stereocenters. The summed E-state index contributed by atoms with van der Waals surface area (Å²) < 4.78 is 29.9. The van der Waals surface area contributed by atoms with E-state index >= 15 is 0 Å². The van der Waals surface area contributed by atoms with Gasteiger partial charge in [-0.25, -0.2) is 19.2 Å². The quantitative estimate of drug-likeness (QED) is 0.0128. The molecule has 0 unspecified atom stereocenters. The molecule has 1 aliphatic rings. The summed E-state index contributed by atoms with van der Waals surface area (Å²) in [5.74, 6) is -3.56. The van der Waals surface area contributed by atoms with Gasteiger partial charge in [0.25, 0.3) is 0 Å². The molecule has 346 valence electrons. The van der Waals surface area contributed by atoms with Crippen molar-refractivity contribution in [3.8, 4) is 0 Å². The van der Waals surface area contributed by atoms with Gasteiger partial charge in [0.05, 0.1) is 28.8 Å². The van der Waals surface area contributed by atoms with Crippen LogP contribution in [0.5, 0.6) is 0 Å². The number of azide groups is 1. The minimum Gasteiger partial charge on any atom is -0.459 e. The molecule has 14 heteroatoms. The number of aliphatic hydroxyl groups is 1. The van der Waals surface area contributed by atoms with Gasteiger partial charge in [-0.2, -0.15) is 0 Å². The van der Waals surface area contributed by atoms with Gasteiger partial charge in [-0.05, 0) is 48.4 Å². The summed E-state index contributed by atoms with van der Waals surface area (Å²) in [4.78, 5) is 58.1. The second-order valence-corrected chi connectivity index (χ2v) is 17.1. The Kier molecular flexibility index (Phi) is 24.2. The summed E-state index contributed by atoms with van der Waals surface area (Å²) in [7, 11) is 0. The van der Waals surface area contributed by atoms with E-state index in [4.69, 9.17) is 23.7 Å². The molecular formula is C50H65N3O10S. The first kappa shape index (κ1) is 51.5. The van der Waals surface area contributed by atoms with Crippen LogP contribution in [0.25, 0.3) is 10.4 Å². The van der Waals surface area contributed by atoms with Crippen LogP contribution in [0, 0.1) is 0 Å². The normalized spacial score (nSPS) is 19.0. The van der Waals surface area contributed by atoms with Crippen molar-refractivity contribution in [1.82, 2.24) is 0 Å². The van der Waals surface area contributed by atoms with E-state index in [-0.39, 0.29) is 29.1 Å². The molecule has 1 heterocycles. The summed E-state index contributed by atoms with van der Waals surface area (Å²) in [6.07, 6.45) is 12.3. The zero-order chi connectivity index (χ0) is 45.8. The van der Waals surface area contributed by atoms with Gasteiger partial charge in [-0.15, -0.1) is 11.8 Å². The fourth-order valence-electron chi connectivity index (χ4n) is 7.44. The Morgan fingerprint density at radius 3 is 1.55 bits per heavy atom. The maximum Gasteiger partial charge on any atom is 0.339 e. The minimum absolute atomic E-state index is 0.0454. The predicted molar refractivity (Wildman–Crippen MR) is 248 cm³/mol. The molecule has 0 bridgehead atoms. The van der Waals surface area contributed by atoms with E-state index in [0.717, 1.165) is 37.4 Å². The molecule has 0 radical (unpaired) electrons. The van der Waals surface area contributed by atoms with E-state index in [2.05, 4.69) is 23.5 Å². The first-order valence-electron chi connectivity index (χ1n) is 22.8. The van der Waals surface area contributed by atoms with Crippen LogP contribution in [0.15, 0.2) is 109 Å². The first-order chi connectivity index (χ1) is 31.3. The first-order valence-corrected chi connectivity index (χ1v) is 23.9. The summed E-state index contributed by atoms with van der Waals surface area (Å²) in [6, 6.07) is 23.1. The lowest BCUT2D eigenvalue weighted by atomic mass is 9.98. The number of hydrogen-bond donors (Lipinski definition) is 1. The number of rotatable bonds is 30. The van der Waals surface area contributed by atoms with Crippen molar-refractivity contribution in [3.05, 3.63) is 131 Å². The highest BCUT2D eigenvalue weighted by Gasteiger charge is 2.55. The van der Waals surface area contributed by atoms with Crippen LogP contribution < -0.4 is 0 Å². The van der Waals surface area contributed by atoms with E-state index in [1.165, 1.54) is 113 Å². The Labute approximate surface area is 382 Å². The molecule has 0 amide bonds. The summed E-state index contributed by atoms with van der Waals surface area (Å²) in [6.45, 7) is 5.63. The number of unbranched alkanes of at least 4 members (excludes halogenated alkanes) is 14. The maximum absolute atomic E-state index is 13.8. The molecule has 0 aliphatic carbocycles. The van der Waals surface area contributed by atoms with Crippen LogP contribution in [0.1, 0.15) is 141 Å². The smallest absolute Gasteiger partial charge is 0.339 e. The zero-order valence-corrected chi connectivity index (χ0v) is 37.9. The van der Waals surface area contributed by atoms with Crippen molar-refractivity contribution in [3.63, 3.8) is 0 Å². The molecule has 0 aromatic heterocycles. The Morgan fingerprint density at radius 2 is 1.11 bits per heavy atom. The number of ether oxygens (including phenoxy) is 5. The van der Waals surface area contributed by atoms with E-state index in [0.29, 0.717) is 6.42 Å². The van der Waals surface area contributed by atoms with Gasteiger partial charge in [-0.1, -0.05) is 176 Å². The number of carbonyl (C=O) groups is 4. The van der Waals surface area contributed by atoms with Crippen LogP contribution in [-0.2, 0) is 28.5 Å². The third-order valence-corrected chi connectivity index (χ3v) is 12.2. The topological polar surface area (TPSA) is 183 Å². The molecule has 13 nitrogen and oxygen atoms in total. The Bertz CT molecular complexity index is 1880. The van der Waals surface area contributed by atoms with Crippen molar-refractivity contribution in [2.24, 2.45) is 5.11 Å². The molecule has 1 saturated heterocycles. The van der Waals surface area contributed by atoms with Crippen LogP contribution in [0.3, 0.4) is 0 Å². The Morgan fingerprint density at radius 1 is 0.688 bits per heavy atom. The third-order valence-electron chi connectivity index (χ3n) is 11.0. The highest BCUT2D eigenvalue weighted by atomic mass is 32.2. The highest BCUT2D eigenvalue weighted by Crippen LogP contribution is 2.37. The van der Waals surface area contributed by atoms with Crippen LogP contribution >= 0.6 is 11.8 Å². The number of carbonyl (C=O) groups excluding carboxylic acids is 4. The molecule has 1 N–H and O–H groups in total. The second kappa shape index (κ2) is 30.1. The lowest BCUT2D eigenvalue weighted by molar-refractivity contribution is -0.212.